The van der Waals surface area contributed by atoms with Crippen LogP contribution in [0.3, 0.4) is 0 Å². The Bertz CT molecular complexity index is 194. The number of nitrogens with two attached hydrogens (primary N) is 1. The summed E-state index contributed by atoms with van der Waals surface area (Å²) < 4.78 is 5.12. The average molecular weight is 215 g/mol. The van der Waals surface area contributed by atoms with Gasteiger partial charge in [-0.15, -0.1) is 0 Å². The van der Waals surface area contributed by atoms with E-state index in [0.717, 1.165) is 12.8 Å². The van der Waals surface area contributed by atoms with Crippen molar-refractivity contribution in [1.29, 1.82) is 0 Å². The van der Waals surface area contributed by atoms with Gasteiger partial charge in [0.2, 0.25) is 0 Å². The van der Waals surface area contributed by atoms with E-state index in [2.05, 4.69) is 13.8 Å². The maximum Gasteiger partial charge on any atom is 0.323 e. The molecule has 0 aromatic carbocycles. The van der Waals surface area contributed by atoms with Crippen molar-refractivity contribution in [2.75, 3.05) is 6.61 Å². The standard InChI is InChI=1S/C12H25NO2/c1-9(2)7-6-8-15-11(14)10(13)12(3,4)5/h9-10H,6-8,13H2,1-5H3/t10-/m1/s1. The Kier molecular flexibility index (Phi) is 5.88. The van der Waals surface area contributed by atoms with Crippen LogP contribution in [0, 0.1) is 11.3 Å². The molecule has 0 aliphatic carbocycles. The van der Waals surface area contributed by atoms with Crippen molar-refractivity contribution in [1.82, 2.24) is 0 Å². The second-order valence-corrected chi connectivity index (χ2v) is 5.55. The topological polar surface area (TPSA) is 52.3 Å². The van der Waals surface area contributed by atoms with Gasteiger partial charge in [0.1, 0.15) is 6.04 Å². The Morgan fingerprint density at radius 1 is 1.33 bits per heavy atom. The molecule has 0 unspecified atom stereocenters. The van der Waals surface area contributed by atoms with Crippen LogP contribution in [0.15, 0.2) is 0 Å². The van der Waals surface area contributed by atoms with Gasteiger partial charge in [-0.25, -0.2) is 0 Å². The van der Waals surface area contributed by atoms with Gasteiger partial charge in [0.15, 0.2) is 0 Å². The number of carbonyl (C=O) groups excluding carboxylic acids is 1. The van der Waals surface area contributed by atoms with Crippen molar-refractivity contribution in [2.24, 2.45) is 17.1 Å². The summed E-state index contributed by atoms with van der Waals surface area (Å²) in [4.78, 5) is 11.5. The lowest BCUT2D eigenvalue weighted by atomic mass is 9.87. The molecule has 0 saturated carbocycles. The molecular formula is C12H25NO2. The van der Waals surface area contributed by atoms with Crippen LogP contribution < -0.4 is 5.73 Å². The highest BCUT2D eigenvalue weighted by atomic mass is 16.5. The molecule has 0 radical (unpaired) electrons. The first-order valence-electron chi connectivity index (χ1n) is 5.67. The molecule has 0 aliphatic heterocycles. The molecule has 0 heterocycles. The van der Waals surface area contributed by atoms with E-state index >= 15 is 0 Å². The van der Waals surface area contributed by atoms with Crippen LogP contribution in [0.2, 0.25) is 0 Å². The molecule has 3 nitrogen and oxygen atoms in total. The second kappa shape index (κ2) is 6.11. The molecule has 0 spiro atoms. The fourth-order valence-electron chi connectivity index (χ4n) is 1.11. The highest BCUT2D eigenvalue weighted by Crippen LogP contribution is 2.18. The molecule has 0 aromatic heterocycles. The molecule has 0 fully saturated rings. The van der Waals surface area contributed by atoms with Gasteiger partial charge in [0.25, 0.3) is 0 Å². The first-order chi connectivity index (χ1) is 6.75. The molecular weight excluding hydrogens is 190 g/mol. The summed E-state index contributed by atoms with van der Waals surface area (Å²) in [5.41, 5.74) is 5.53. The van der Waals surface area contributed by atoms with Crippen LogP contribution in [-0.2, 0) is 9.53 Å². The zero-order valence-corrected chi connectivity index (χ0v) is 10.7. The van der Waals surface area contributed by atoms with E-state index in [-0.39, 0.29) is 11.4 Å². The fraction of sp³-hybridized carbons (Fsp3) is 0.917. The van der Waals surface area contributed by atoms with Gasteiger partial charge in [-0.1, -0.05) is 34.6 Å². The Balaban J connectivity index is 3.75. The van der Waals surface area contributed by atoms with Crippen molar-refractivity contribution in [2.45, 2.75) is 53.5 Å². The quantitative estimate of drug-likeness (QED) is 0.565. The van der Waals surface area contributed by atoms with Crippen molar-refractivity contribution in [3.8, 4) is 0 Å². The van der Waals surface area contributed by atoms with E-state index in [4.69, 9.17) is 10.5 Å². The Morgan fingerprint density at radius 3 is 2.27 bits per heavy atom. The Hall–Kier alpha value is -0.570. The van der Waals surface area contributed by atoms with Gasteiger partial charge in [-0.3, -0.25) is 4.79 Å². The van der Waals surface area contributed by atoms with E-state index in [1.165, 1.54) is 0 Å². The summed E-state index contributed by atoms with van der Waals surface area (Å²) in [6.07, 6.45) is 2.00. The third-order valence-corrected chi connectivity index (χ3v) is 2.36. The van der Waals surface area contributed by atoms with Crippen molar-refractivity contribution in [3.05, 3.63) is 0 Å². The predicted molar refractivity (Wildman–Crippen MR) is 62.5 cm³/mol. The number of rotatable bonds is 5. The molecule has 0 aliphatic rings. The van der Waals surface area contributed by atoms with Crippen LogP contribution in [0.1, 0.15) is 47.5 Å². The average Bonchev–Trinajstić information content (AvgIpc) is 2.09. The van der Waals surface area contributed by atoms with Crippen LogP contribution >= 0.6 is 0 Å². The normalized spacial score (nSPS) is 14.1. The molecule has 1 atom stereocenters. The summed E-state index contributed by atoms with van der Waals surface area (Å²) in [5, 5.41) is 0. The molecule has 90 valence electrons. The first-order valence-corrected chi connectivity index (χ1v) is 5.67. The molecule has 0 saturated heterocycles. The van der Waals surface area contributed by atoms with E-state index in [9.17, 15) is 4.79 Å². The first kappa shape index (κ1) is 14.4. The largest absolute Gasteiger partial charge is 0.465 e. The summed E-state index contributed by atoms with van der Waals surface area (Å²) in [5.74, 6) is 0.367. The zero-order chi connectivity index (χ0) is 12.1. The van der Waals surface area contributed by atoms with Gasteiger partial charge in [0, 0.05) is 0 Å². The highest BCUT2D eigenvalue weighted by Gasteiger charge is 2.28. The number of hydrogen-bond acceptors (Lipinski definition) is 3. The number of carbonyl (C=O) groups is 1. The molecule has 3 heteroatoms. The maximum absolute atomic E-state index is 11.5. The lowest BCUT2D eigenvalue weighted by Gasteiger charge is -2.24. The molecule has 2 N–H and O–H groups in total. The van der Waals surface area contributed by atoms with E-state index < -0.39 is 6.04 Å². The fourth-order valence-corrected chi connectivity index (χ4v) is 1.11. The van der Waals surface area contributed by atoms with Crippen LogP contribution in [0.5, 0.6) is 0 Å². The summed E-state index contributed by atoms with van der Waals surface area (Å²) >= 11 is 0. The third-order valence-electron chi connectivity index (χ3n) is 2.36. The highest BCUT2D eigenvalue weighted by molar-refractivity contribution is 5.76. The molecule has 0 amide bonds. The molecule has 0 bridgehead atoms. The monoisotopic (exact) mass is 215 g/mol. The number of hydrogen-bond donors (Lipinski definition) is 1. The van der Waals surface area contributed by atoms with Crippen molar-refractivity contribution < 1.29 is 9.53 Å². The lowest BCUT2D eigenvalue weighted by molar-refractivity contribution is -0.148. The van der Waals surface area contributed by atoms with Gasteiger partial charge in [-0.2, -0.15) is 0 Å². The van der Waals surface area contributed by atoms with Crippen molar-refractivity contribution >= 4 is 5.97 Å². The zero-order valence-electron chi connectivity index (χ0n) is 10.7. The van der Waals surface area contributed by atoms with Gasteiger partial charge < -0.3 is 10.5 Å². The Labute approximate surface area is 93.4 Å². The lowest BCUT2D eigenvalue weighted by Crippen LogP contribution is -2.43. The predicted octanol–water partition coefficient (Wildman–Crippen LogP) is 2.34. The molecule has 0 rings (SSSR count). The van der Waals surface area contributed by atoms with Gasteiger partial charge in [-0.05, 0) is 24.2 Å². The summed E-state index contributed by atoms with van der Waals surface area (Å²) in [7, 11) is 0. The maximum atomic E-state index is 11.5. The van der Waals surface area contributed by atoms with Gasteiger partial charge >= 0.3 is 5.97 Å². The van der Waals surface area contributed by atoms with Crippen molar-refractivity contribution in [3.63, 3.8) is 0 Å². The molecule has 15 heavy (non-hydrogen) atoms. The molecule has 0 aromatic rings. The smallest absolute Gasteiger partial charge is 0.323 e. The van der Waals surface area contributed by atoms with Crippen LogP contribution in [0.25, 0.3) is 0 Å². The minimum Gasteiger partial charge on any atom is -0.465 e. The second-order valence-electron chi connectivity index (χ2n) is 5.55. The van der Waals surface area contributed by atoms with Crippen LogP contribution in [0.4, 0.5) is 0 Å². The number of esters is 1. The van der Waals surface area contributed by atoms with E-state index in [1.54, 1.807) is 0 Å². The van der Waals surface area contributed by atoms with Gasteiger partial charge in [0.05, 0.1) is 6.61 Å². The third kappa shape index (κ3) is 6.50. The van der Waals surface area contributed by atoms with E-state index in [0.29, 0.717) is 12.5 Å². The Morgan fingerprint density at radius 2 is 1.87 bits per heavy atom. The number of ether oxygens (including phenoxy) is 1. The van der Waals surface area contributed by atoms with E-state index in [1.807, 2.05) is 20.8 Å². The minimum absolute atomic E-state index is 0.227. The van der Waals surface area contributed by atoms with Crippen LogP contribution in [-0.4, -0.2) is 18.6 Å². The summed E-state index contributed by atoms with van der Waals surface area (Å²) in [6.45, 7) is 10.6. The summed E-state index contributed by atoms with van der Waals surface area (Å²) in [6, 6.07) is -0.531. The SMILES string of the molecule is CC(C)CCCOC(=O)[C@@H](N)C(C)(C)C. The minimum atomic E-state index is -0.531.